The molecule has 0 bridgehead atoms. The first-order valence-corrected chi connectivity index (χ1v) is 4.56. The second kappa shape index (κ2) is 7.59. The van der Waals surface area contributed by atoms with Crippen molar-refractivity contribution >= 4 is 0 Å². The van der Waals surface area contributed by atoms with Crippen molar-refractivity contribution in [1.29, 1.82) is 0 Å². The third kappa shape index (κ3) is 5.90. The molecule has 0 N–H and O–H groups in total. The van der Waals surface area contributed by atoms with E-state index in [2.05, 4.69) is 20.1 Å². The van der Waals surface area contributed by atoms with E-state index < -0.39 is 0 Å². The van der Waals surface area contributed by atoms with Gasteiger partial charge in [-0.15, -0.1) is 13.2 Å². The monoisotopic (exact) mass is 152 g/mol. The molecule has 0 unspecified atom stereocenters. The predicted molar refractivity (Wildman–Crippen MR) is 52.6 cm³/mol. The minimum Gasteiger partial charge on any atom is -0.103 e. The summed E-state index contributed by atoms with van der Waals surface area (Å²) in [5.41, 5.74) is 0. The van der Waals surface area contributed by atoms with E-state index in [1.807, 2.05) is 12.2 Å². The molecular formula is C11H20. The molecule has 0 heterocycles. The quantitative estimate of drug-likeness (QED) is 0.485. The maximum Gasteiger partial charge on any atom is -0.0322 e. The molecule has 0 saturated carbocycles. The van der Waals surface area contributed by atoms with Crippen LogP contribution in [0.2, 0.25) is 0 Å². The minimum absolute atomic E-state index is 0.796. The van der Waals surface area contributed by atoms with Gasteiger partial charge in [0.1, 0.15) is 0 Å². The summed E-state index contributed by atoms with van der Waals surface area (Å²) >= 11 is 0. The number of allylic oxidation sites excluding steroid dienone is 2. The Kier molecular flexibility index (Phi) is 7.23. The lowest BCUT2D eigenvalue weighted by Gasteiger charge is -2.10. The van der Waals surface area contributed by atoms with Gasteiger partial charge in [-0.3, -0.25) is 0 Å². The van der Waals surface area contributed by atoms with Gasteiger partial charge >= 0.3 is 0 Å². The van der Waals surface area contributed by atoms with Crippen LogP contribution >= 0.6 is 0 Å². The van der Waals surface area contributed by atoms with E-state index in [0.29, 0.717) is 0 Å². The molecule has 0 fully saturated rings. The molecule has 0 atom stereocenters. The summed E-state index contributed by atoms with van der Waals surface area (Å²) in [6.45, 7) is 9.75. The first kappa shape index (κ1) is 10.5. The van der Waals surface area contributed by atoms with Crippen molar-refractivity contribution in [3.8, 4) is 0 Å². The first-order valence-electron chi connectivity index (χ1n) is 4.56. The molecule has 0 radical (unpaired) electrons. The third-order valence-corrected chi connectivity index (χ3v) is 1.97. The zero-order valence-corrected chi connectivity index (χ0v) is 7.68. The van der Waals surface area contributed by atoms with E-state index >= 15 is 0 Å². The fourth-order valence-corrected chi connectivity index (χ4v) is 1.30. The normalized spacial score (nSPS) is 10.0. The predicted octanol–water partition coefficient (Wildman–Crippen LogP) is 3.95. The fraction of sp³-hybridized carbons (Fsp3) is 0.636. The van der Waals surface area contributed by atoms with E-state index in [1.165, 1.54) is 19.3 Å². The third-order valence-electron chi connectivity index (χ3n) is 1.97. The van der Waals surface area contributed by atoms with Crippen molar-refractivity contribution in [3.63, 3.8) is 0 Å². The van der Waals surface area contributed by atoms with E-state index in [9.17, 15) is 0 Å². The lowest BCUT2D eigenvalue weighted by Crippen LogP contribution is -1.96. The van der Waals surface area contributed by atoms with Crippen LogP contribution in [0, 0.1) is 5.92 Å². The molecule has 0 aliphatic rings. The number of hydrogen-bond donors (Lipinski definition) is 0. The van der Waals surface area contributed by atoms with E-state index in [0.717, 1.165) is 18.8 Å². The maximum absolute atomic E-state index is 3.76. The summed E-state index contributed by atoms with van der Waals surface area (Å²) in [5, 5.41) is 0. The second-order valence-electron chi connectivity index (χ2n) is 3.06. The topological polar surface area (TPSA) is 0 Å². The molecule has 0 rings (SSSR count). The van der Waals surface area contributed by atoms with Crippen LogP contribution in [0.15, 0.2) is 25.3 Å². The molecule has 0 saturated heterocycles. The Bertz CT molecular complexity index is 92.6. The van der Waals surface area contributed by atoms with E-state index in [4.69, 9.17) is 0 Å². The van der Waals surface area contributed by atoms with Crippen LogP contribution in [0.1, 0.15) is 39.0 Å². The van der Waals surface area contributed by atoms with Crippen molar-refractivity contribution in [3.05, 3.63) is 25.3 Å². The first-order chi connectivity index (χ1) is 5.35. The number of hydrogen-bond acceptors (Lipinski definition) is 0. The molecule has 0 aliphatic carbocycles. The summed E-state index contributed by atoms with van der Waals surface area (Å²) in [7, 11) is 0. The van der Waals surface area contributed by atoms with E-state index in [1.54, 1.807) is 0 Å². The zero-order valence-electron chi connectivity index (χ0n) is 7.68. The summed E-state index contributed by atoms with van der Waals surface area (Å²) in [5.74, 6) is 0.796. The molecule has 0 aromatic rings. The minimum atomic E-state index is 0.796. The van der Waals surface area contributed by atoms with Crippen molar-refractivity contribution in [2.24, 2.45) is 5.92 Å². The van der Waals surface area contributed by atoms with Gasteiger partial charge in [-0.1, -0.05) is 31.9 Å². The summed E-state index contributed by atoms with van der Waals surface area (Å²) in [6, 6.07) is 0. The van der Waals surface area contributed by atoms with Crippen LogP contribution in [-0.4, -0.2) is 0 Å². The average molecular weight is 152 g/mol. The van der Waals surface area contributed by atoms with Gasteiger partial charge in [0.15, 0.2) is 0 Å². The number of rotatable bonds is 7. The lowest BCUT2D eigenvalue weighted by atomic mass is 9.95. The SMILES string of the molecule is C=CCC(CC=C)CCCC. The van der Waals surface area contributed by atoms with Gasteiger partial charge in [0, 0.05) is 0 Å². The Labute approximate surface area is 71.0 Å². The average Bonchev–Trinajstić information content (AvgIpc) is 2.01. The van der Waals surface area contributed by atoms with Gasteiger partial charge in [0.25, 0.3) is 0 Å². The van der Waals surface area contributed by atoms with Crippen LogP contribution in [0.25, 0.3) is 0 Å². The van der Waals surface area contributed by atoms with Crippen molar-refractivity contribution in [2.45, 2.75) is 39.0 Å². The molecule has 0 amide bonds. The Morgan fingerprint density at radius 1 is 1.18 bits per heavy atom. The highest BCUT2D eigenvalue weighted by Gasteiger charge is 2.02. The molecule has 64 valence electrons. The molecule has 0 aliphatic heterocycles. The maximum atomic E-state index is 3.76. The molecule has 0 aromatic carbocycles. The summed E-state index contributed by atoms with van der Waals surface area (Å²) in [6.07, 6.45) is 10.3. The zero-order chi connectivity index (χ0) is 8.53. The summed E-state index contributed by atoms with van der Waals surface area (Å²) < 4.78 is 0. The Hall–Kier alpha value is -0.520. The Morgan fingerprint density at radius 3 is 2.09 bits per heavy atom. The van der Waals surface area contributed by atoms with Crippen LogP contribution in [0.5, 0.6) is 0 Å². The largest absolute Gasteiger partial charge is 0.103 e. The Balaban J connectivity index is 3.49. The van der Waals surface area contributed by atoms with E-state index in [-0.39, 0.29) is 0 Å². The van der Waals surface area contributed by atoms with Crippen molar-refractivity contribution < 1.29 is 0 Å². The summed E-state index contributed by atoms with van der Waals surface area (Å²) in [4.78, 5) is 0. The van der Waals surface area contributed by atoms with Gasteiger partial charge < -0.3 is 0 Å². The molecule has 0 nitrogen and oxygen atoms in total. The molecule has 0 heteroatoms. The molecule has 0 aromatic heterocycles. The second-order valence-corrected chi connectivity index (χ2v) is 3.06. The highest BCUT2D eigenvalue weighted by molar-refractivity contribution is 4.79. The van der Waals surface area contributed by atoms with Gasteiger partial charge in [-0.2, -0.15) is 0 Å². The fourth-order valence-electron chi connectivity index (χ4n) is 1.30. The van der Waals surface area contributed by atoms with Crippen molar-refractivity contribution in [2.75, 3.05) is 0 Å². The molecule has 0 spiro atoms. The smallest absolute Gasteiger partial charge is 0.0322 e. The van der Waals surface area contributed by atoms with Gasteiger partial charge in [0.2, 0.25) is 0 Å². The number of unbranched alkanes of at least 4 members (excludes halogenated alkanes) is 1. The lowest BCUT2D eigenvalue weighted by molar-refractivity contribution is 0.476. The van der Waals surface area contributed by atoms with Crippen LogP contribution < -0.4 is 0 Å². The molecule has 11 heavy (non-hydrogen) atoms. The highest BCUT2D eigenvalue weighted by Crippen LogP contribution is 2.17. The standard InChI is InChI=1S/C11H20/c1-4-7-10-11(8-5-2)9-6-3/h5-6,11H,2-4,7-10H2,1H3. The van der Waals surface area contributed by atoms with Crippen molar-refractivity contribution in [1.82, 2.24) is 0 Å². The van der Waals surface area contributed by atoms with Crippen LogP contribution in [0.4, 0.5) is 0 Å². The van der Waals surface area contributed by atoms with Gasteiger partial charge in [-0.05, 0) is 25.2 Å². The van der Waals surface area contributed by atoms with Gasteiger partial charge in [-0.25, -0.2) is 0 Å². The molecular weight excluding hydrogens is 132 g/mol. The van der Waals surface area contributed by atoms with Crippen LogP contribution in [-0.2, 0) is 0 Å². The Morgan fingerprint density at radius 2 is 1.73 bits per heavy atom. The van der Waals surface area contributed by atoms with Gasteiger partial charge in [0.05, 0.1) is 0 Å². The van der Waals surface area contributed by atoms with Crippen LogP contribution in [0.3, 0.4) is 0 Å². The highest BCUT2D eigenvalue weighted by atomic mass is 14.1.